The molecule has 3 aromatic carbocycles. The molecule has 5 nitrogen and oxygen atoms in total. The second kappa shape index (κ2) is 16.2. The van der Waals surface area contributed by atoms with Crippen LogP contribution in [0.5, 0.6) is 17.2 Å². The first-order chi connectivity index (χ1) is 18.6. The lowest BCUT2D eigenvalue weighted by atomic mass is 10.1. The van der Waals surface area contributed by atoms with Crippen molar-refractivity contribution >= 4 is 5.97 Å². The highest BCUT2D eigenvalue weighted by atomic mass is 16.5. The fourth-order valence-corrected chi connectivity index (χ4v) is 3.99. The van der Waals surface area contributed by atoms with Crippen LogP contribution in [0.4, 0.5) is 0 Å². The third kappa shape index (κ3) is 9.97. The molecular weight excluding hydrogens is 476 g/mol. The van der Waals surface area contributed by atoms with Crippen LogP contribution in [0.2, 0.25) is 0 Å². The second-order valence-corrected chi connectivity index (χ2v) is 9.36. The van der Waals surface area contributed by atoms with Crippen molar-refractivity contribution in [3.63, 3.8) is 0 Å². The number of hydrogen-bond donors (Lipinski definition) is 0. The molecule has 0 aliphatic carbocycles. The van der Waals surface area contributed by atoms with Gasteiger partial charge in [0.2, 0.25) is 0 Å². The monoisotopic (exact) mass is 516 g/mol. The number of benzene rings is 3. The van der Waals surface area contributed by atoms with Gasteiger partial charge in [0.1, 0.15) is 30.5 Å². The summed E-state index contributed by atoms with van der Waals surface area (Å²) in [6, 6.07) is 22.2. The van der Waals surface area contributed by atoms with Crippen molar-refractivity contribution in [1.82, 2.24) is 0 Å². The molecule has 0 aliphatic heterocycles. The zero-order chi connectivity index (χ0) is 27.0. The highest BCUT2D eigenvalue weighted by Crippen LogP contribution is 2.30. The van der Waals surface area contributed by atoms with Crippen LogP contribution in [-0.4, -0.2) is 19.2 Å². The van der Waals surface area contributed by atoms with Crippen LogP contribution in [0, 0.1) is 13.8 Å². The van der Waals surface area contributed by atoms with Gasteiger partial charge in [0.15, 0.2) is 0 Å². The Balaban J connectivity index is 1.32. The van der Waals surface area contributed by atoms with Gasteiger partial charge >= 0.3 is 5.97 Å². The summed E-state index contributed by atoms with van der Waals surface area (Å²) in [6.07, 6.45) is 7.64. The largest absolute Gasteiger partial charge is 0.494 e. The Morgan fingerprint density at radius 1 is 0.658 bits per heavy atom. The van der Waals surface area contributed by atoms with Gasteiger partial charge in [-0.25, -0.2) is 4.79 Å². The summed E-state index contributed by atoms with van der Waals surface area (Å²) in [5, 5.41) is 0. The predicted molar refractivity (Wildman–Crippen MR) is 152 cm³/mol. The van der Waals surface area contributed by atoms with Crippen molar-refractivity contribution in [3.05, 3.63) is 102 Å². The average molecular weight is 517 g/mol. The van der Waals surface area contributed by atoms with Crippen molar-refractivity contribution in [3.8, 4) is 17.2 Å². The Morgan fingerprint density at radius 3 is 1.76 bits per heavy atom. The summed E-state index contributed by atoms with van der Waals surface area (Å²) in [4.78, 5) is 11.0. The molecule has 0 heterocycles. The molecule has 0 amide bonds. The molecule has 0 saturated carbocycles. The molecule has 0 fully saturated rings. The summed E-state index contributed by atoms with van der Waals surface area (Å²) in [5.74, 6) is 2.28. The molecule has 3 rings (SSSR count). The average Bonchev–Trinajstić information content (AvgIpc) is 2.95. The number of carbonyl (C=O) groups excluding carboxylic acids is 1. The van der Waals surface area contributed by atoms with Crippen molar-refractivity contribution < 1.29 is 23.7 Å². The van der Waals surface area contributed by atoms with E-state index in [9.17, 15) is 4.79 Å². The van der Waals surface area contributed by atoms with Gasteiger partial charge in [0.25, 0.3) is 0 Å². The van der Waals surface area contributed by atoms with Crippen molar-refractivity contribution in [1.29, 1.82) is 0 Å². The van der Waals surface area contributed by atoms with Gasteiger partial charge < -0.3 is 18.9 Å². The molecule has 0 aliphatic rings. The summed E-state index contributed by atoms with van der Waals surface area (Å²) in [5.41, 5.74) is 4.43. The van der Waals surface area contributed by atoms with E-state index in [0.717, 1.165) is 78.0 Å². The molecule has 0 spiro atoms. The van der Waals surface area contributed by atoms with Crippen LogP contribution < -0.4 is 14.2 Å². The minimum atomic E-state index is -0.344. The summed E-state index contributed by atoms with van der Waals surface area (Å²) >= 11 is 0. The fraction of sp³-hybridized carbons (Fsp3) is 0.364. The highest BCUT2D eigenvalue weighted by Gasteiger charge is 2.09. The molecular formula is C33H40O5. The molecule has 0 unspecified atom stereocenters. The normalized spacial score (nSPS) is 10.6. The summed E-state index contributed by atoms with van der Waals surface area (Å²) < 4.78 is 23.0. The van der Waals surface area contributed by atoms with Crippen molar-refractivity contribution in [2.75, 3.05) is 13.2 Å². The van der Waals surface area contributed by atoms with Gasteiger partial charge in [-0.15, -0.1) is 0 Å². The Kier molecular flexibility index (Phi) is 12.3. The van der Waals surface area contributed by atoms with Gasteiger partial charge in [-0.1, -0.05) is 74.7 Å². The van der Waals surface area contributed by atoms with E-state index >= 15 is 0 Å². The van der Waals surface area contributed by atoms with E-state index in [0.29, 0.717) is 26.4 Å². The topological polar surface area (TPSA) is 54.0 Å². The minimum Gasteiger partial charge on any atom is -0.494 e. The first-order valence-corrected chi connectivity index (χ1v) is 13.5. The van der Waals surface area contributed by atoms with E-state index in [1.54, 1.807) is 0 Å². The Morgan fingerprint density at radius 2 is 1.18 bits per heavy atom. The molecule has 0 atom stereocenters. The highest BCUT2D eigenvalue weighted by molar-refractivity contribution is 5.81. The quantitative estimate of drug-likeness (QED) is 0.104. The lowest BCUT2D eigenvalue weighted by Gasteiger charge is -2.15. The van der Waals surface area contributed by atoms with Gasteiger partial charge in [0, 0.05) is 6.08 Å². The molecule has 3 aromatic rings. The zero-order valence-corrected chi connectivity index (χ0v) is 22.7. The van der Waals surface area contributed by atoms with E-state index in [2.05, 4.69) is 32.6 Å². The number of esters is 1. The van der Waals surface area contributed by atoms with Crippen LogP contribution >= 0.6 is 0 Å². The smallest absolute Gasteiger partial charge is 0.330 e. The third-order valence-electron chi connectivity index (χ3n) is 6.46. The van der Waals surface area contributed by atoms with Crippen molar-refractivity contribution in [2.24, 2.45) is 0 Å². The maximum Gasteiger partial charge on any atom is 0.330 e. The molecule has 0 bridgehead atoms. The number of rotatable bonds is 17. The van der Waals surface area contributed by atoms with Gasteiger partial charge in [0.05, 0.1) is 13.2 Å². The first kappa shape index (κ1) is 28.8. The van der Waals surface area contributed by atoms with E-state index in [1.807, 2.05) is 54.6 Å². The molecule has 0 N–H and O–H groups in total. The standard InChI is InChI=1S/C33H40O5/c1-4-33(34)36-23-13-8-6-5-7-12-22-35-30-18-16-29(17-19-30)25-38-32-21-20-31(26(2)27(32)3)37-24-28-14-10-9-11-15-28/h4,9-11,14-21H,1,5-8,12-13,22-25H2,2-3H3. The first-order valence-electron chi connectivity index (χ1n) is 13.5. The molecule has 0 saturated heterocycles. The molecule has 202 valence electrons. The van der Waals surface area contributed by atoms with E-state index in [1.165, 1.54) is 6.08 Å². The lowest BCUT2D eigenvalue weighted by Crippen LogP contribution is -2.02. The maximum atomic E-state index is 11.0. The Hall–Kier alpha value is -3.73. The van der Waals surface area contributed by atoms with Gasteiger partial charge in [-0.05, 0) is 73.2 Å². The number of ether oxygens (including phenoxy) is 4. The summed E-state index contributed by atoms with van der Waals surface area (Å²) in [6.45, 7) is 9.76. The van der Waals surface area contributed by atoms with Crippen molar-refractivity contribution in [2.45, 2.75) is 65.6 Å². The second-order valence-electron chi connectivity index (χ2n) is 9.36. The molecule has 0 aromatic heterocycles. The molecule has 38 heavy (non-hydrogen) atoms. The third-order valence-corrected chi connectivity index (χ3v) is 6.46. The van der Waals surface area contributed by atoms with Gasteiger partial charge in [-0.2, -0.15) is 0 Å². The lowest BCUT2D eigenvalue weighted by molar-refractivity contribution is -0.137. The number of unbranched alkanes of at least 4 members (excludes halogenated alkanes) is 5. The molecule has 5 heteroatoms. The Labute approximate surface area is 227 Å². The van der Waals surface area contributed by atoms with E-state index in [-0.39, 0.29) is 5.97 Å². The van der Waals surface area contributed by atoms with E-state index < -0.39 is 0 Å². The van der Waals surface area contributed by atoms with E-state index in [4.69, 9.17) is 18.9 Å². The van der Waals surface area contributed by atoms with Crippen LogP contribution in [0.15, 0.2) is 79.4 Å². The number of hydrogen-bond acceptors (Lipinski definition) is 5. The van der Waals surface area contributed by atoms with Crippen LogP contribution in [0.1, 0.15) is 60.8 Å². The number of carbonyl (C=O) groups is 1. The fourth-order valence-electron chi connectivity index (χ4n) is 3.99. The Bertz CT molecular complexity index is 1120. The van der Waals surface area contributed by atoms with Crippen LogP contribution in [0.25, 0.3) is 0 Å². The minimum absolute atomic E-state index is 0.344. The summed E-state index contributed by atoms with van der Waals surface area (Å²) in [7, 11) is 0. The van der Waals surface area contributed by atoms with Crippen LogP contribution in [0.3, 0.4) is 0 Å². The molecule has 0 radical (unpaired) electrons. The predicted octanol–water partition coefficient (Wildman–Crippen LogP) is 7.91. The van der Waals surface area contributed by atoms with Gasteiger partial charge in [-0.3, -0.25) is 0 Å². The SMILES string of the molecule is C=CC(=O)OCCCCCCCCOc1ccc(COc2ccc(OCc3ccccc3)c(C)c2C)cc1. The zero-order valence-electron chi connectivity index (χ0n) is 22.7. The maximum absolute atomic E-state index is 11.0. The van der Waals surface area contributed by atoms with Crippen LogP contribution in [-0.2, 0) is 22.7 Å².